The highest BCUT2D eigenvalue weighted by atomic mass is 16.3. The molecule has 62 heavy (non-hydrogen) atoms. The lowest BCUT2D eigenvalue weighted by atomic mass is 9.87. The number of hydrogen-bond donors (Lipinski definition) is 0. The molecule has 0 spiro atoms. The average Bonchev–Trinajstić information content (AvgIpc) is 3.96. The molecule has 2 aliphatic carbocycles. The van der Waals surface area contributed by atoms with Crippen LogP contribution in [0.1, 0.15) is 66.4 Å². The molecule has 5 nitrogen and oxygen atoms in total. The zero-order chi connectivity index (χ0) is 42.5. The van der Waals surface area contributed by atoms with Gasteiger partial charge in [0, 0.05) is 49.8 Å². The van der Waals surface area contributed by atoms with Crippen molar-refractivity contribution in [3.8, 4) is 17.1 Å². The molecule has 304 valence electrons. The Morgan fingerprint density at radius 3 is 2.48 bits per heavy atom. The molecule has 0 radical (unpaired) electrons. The van der Waals surface area contributed by atoms with E-state index in [4.69, 9.17) is 14.4 Å². The molecule has 0 amide bonds. The predicted octanol–water partition coefficient (Wildman–Crippen LogP) is 12.6. The monoisotopic (exact) mass is 806 g/mol. The standard InChI is InChI=1S/C57H50N4O/c1-7-12-22-38(9-3)60-50-29-19-17-26-44(50)49-35-48(42-24-14-15-28-47(42)55(49)60)37-32-33-45-43-25-16-20-30-51(43)61(52(45)34-37)57-58-36(6)41(23-13-8-2)54(59-57)40(11-5)56-39(10-4)46-27-18-21-31-53(46)62-56/h7-12,14-15,17-22,24,26-35,44,50H,2-3,5,13,16,23,25H2,1,4,6H3/b12-7-,38-22+,39-10-,56-40-/t44-,50?/m0/s1. The molecule has 1 unspecified atom stereocenters. The van der Waals surface area contributed by atoms with E-state index in [1.807, 2.05) is 30.4 Å². The van der Waals surface area contributed by atoms with Crippen LogP contribution in [0.2, 0.25) is 0 Å². The maximum absolute atomic E-state index is 6.64. The predicted molar refractivity (Wildman–Crippen MR) is 261 cm³/mol. The van der Waals surface area contributed by atoms with E-state index in [1.165, 1.54) is 38.5 Å². The van der Waals surface area contributed by atoms with Crippen LogP contribution in [-0.2, 0) is 12.8 Å². The first-order chi connectivity index (χ1) is 30.5. The Bertz CT molecular complexity index is 3300. The first-order valence-electron chi connectivity index (χ1n) is 21.8. The van der Waals surface area contributed by atoms with Crippen molar-refractivity contribution in [2.75, 3.05) is 4.90 Å². The molecule has 5 heteroatoms. The second-order valence-electron chi connectivity index (χ2n) is 16.3. The van der Waals surface area contributed by atoms with Gasteiger partial charge in [-0.3, -0.25) is 4.57 Å². The van der Waals surface area contributed by atoms with Crippen LogP contribution in [0.4, 0.5) is 5.69 Å². The first kappa shape index (κ1) is 38.9. The van der Waals surface area contributed by atoms with Gasteiger partial charge < -0.3 is 9.32 Å². The molecule has 0 bridgehead atoms. The van der Waals surface area contributed by atoms with Crippen molar-refractivity contribution in [1.82, 2.24) is 14.5 Å². The number of furan rings is 1. The molecule has 0 saturated carbocycles. The summed E-state index contributed by atoms with van der Waals surface area (Å²) < 4.78 is 8.92. The second-order valence-corrected chi connectivity index (χ2v) is 16.3. The number of rotatable bonds is 10. The molecule has 3 aromatic heterocycles. The van der Waals surface area contributed by atoms with Crippen LogP contribution < -0.4 is 15.5 Å². The molecule has 0 fully saturated rings. The summed E-state index contributed by atoms with van der Waals surface area (Å²) in [6.45, 7) is 18.9. The van der Waals surface area contributed by atoms with Crippen LogP contribution in [0, 0.1) is 6.92 Å². The van der Waals surface area contributed by atoms with Gasteiger partial charge in [0.15, 0.2) is 0 Å². The van der Waals surface area contributed by atoms with Gasteiger partial charge in [0.1, 0.15) is 11.0 Å². The van der Waals surface area contributed by atoms with Gasteiger partial charge in [-0.25, -0.2) is 9.97 Å². The van der Waals surface area contributed by atoms with Crippen molar-refractivity contribution in [2.24, 2.45) is 0 Å². The summed E-state index contributed by atoms with van der Waals surface area (Å²) in [6, 6.07) is 26.6. The lowest BCUT2D eigenvalue weighted by Gasteiger charge is -2.30. The van der Waals surface area contributed by atoms with Crippen LogP contribution in [0.5, 0.6) is 0 Å². The summed E-state index contributed by atoms with van der Waals surface area (Å²) in [5.74, 6) is 0.827. The van der Waals surface area contributed by atoms with Crippen molar-refractivity contribution < 1.29 is 4.42 Å². The fourth-order valence-corrected chi connectivity index (χ4v) is 10.1. The van der Waals surface area contributed by atoms with Crippen molar-refractivity contribution in [1.29, 1.82) is 0 Å². The van der Waals surface area contributed by atoms with Crippen molar-refractivity contribution in [3.63, 3.8) is 0 Å². The Morgan fingerprint density at radius 1 is 0.887 bits per heavy atom. The average molecular weight is 807 g/mol. The Morgan fingerprint density at radius 2 is 1.69 bits per heavy atom. The Labute approximate surface area is 363 Å². The zero-order valence-electron chi connectivity index (χ0n) is 35.7. The second kappa shape index (κ2) is 16.0. The minimum atomic E-state index is 0.147. The number of anilines is 1. The van der Waals surface area contributed by atoms with Gasteiger partial charge in [-0.2, -0.15) is 0 Å². The number of para-hydroxylation sites is 1. The molecule has 0 saturated heterocycles. The normalized spacial score (nSPS) is 17.6. The Balaban J connectivity index is 1.23. The third kappa shape index (κ3) is 6.14. The summed E-state index contributed by atoms with van der Waals surface area (Å²) in [7, 11) is 0. The lowest BCUT2D eigenvalue weighted by Crippen LogP contribution is -2.31. The molecular weight excluding hydrogens is 757 g/mol. The van der Waals surface area contributed by atoms with Crippen LogP contribution in [-0.4, -0.2) is 20.6 Å². The van der Waals surface area contributed by atoms with E-state index in [2.05, 4.69) is 171 Å². The highest BCUT2D eigenvalue weighted by Crippen LogP contribution is 2.52. The number of hydrogen-bond acceptors (Lipinski definition) is 4. The van der Waals surface area contributed by atoms with Gasteiger partial charge in [0.05, 0.1) is 28.6 Å². The topological polar surface area (TPSA) is 47.1 Å². The Hall–Kier alpha value is -7.24. The molecular formula is C57H50N4O. The van der Waals surface area contributed by atoms with Gasteiger partial charge in [-0.1, -0.05) is 129 Å². The van der Waals surface area contributed by atoms with Crippen molar-refractivity contribution in [3.05, 3.63) is 209 Å². The fraction of sp³-hybridized carbons (Fsp3) is 0.158. The van der Waals surface area contributed by atoms with Gasteiger partial charge in [0.25, 0.3) is 0 Å². The maximum atomic E-state index is 6.64. The van der Waals surface area contributed by atoms with Gasteiger partial charge >= 0.3 is 0 Å². The minimum Gasteiger partial charge on any atom is -0.455 e. The van der Waals surface area contributed by atoms with Gasteiger partial charge in [-0.15, -0.1) is 6.58 Å². The fourth-order valence-electron chi connectivity index (χ4n) is 10.1. The molecule has 4 aromatic carbocycles. The zero-order valence-corrected chi connectivity index (χ0v) is 35.7. The minimum absolute atomic E-state index is 0.147. The smallest absolute Gasteiger partial charge is 0.235 e. The highest BCUT2D eigenvalue weighted by molar-refractivity contribution is 6.08. The SMILES string of the molecule is C=CCCc1c(C)nc(-n2c3c(c4ccc(-c5cc6c(c7ccccc57)N(/C(C=C)=C/C=C\C)C5C=CC=C[C@@H]65)cc42)CCC=C3)nc1/C(C=C)=c1\oc2ccccc2\c1=C\C. The summed E-state index contributed by atoms with van der Waals surface area (Å²) in [4.78, 5) is 13.4. The van der Waals surface area contributed by atoms with E-state index in [9.17, 15) is 0 Å². The molecule has 2 atom stereocenters. The number of allylic oxidation sites excluding steroid dienone is 9. The van der Waals surface area contributed by atoms with Crippen molar-refractivity contribution >= 4 is 56.1 Å². The highest BCUT2D eigenvalue weighted by Gasteiger charge is 2.39. The first-order valence-corrected chi connectivity index (χ1v) is 21.8. The number of nitrogens with zero attached hydrogens (tertiary/aromatic N) is 4. The Kier molecular flexibility index (Phi) is 10.0. The molecule has 1 aliphatic heterocycles. The third-order valence-corrected chi connectivity index (χ3v) is 12.9. The van der Waals surface area contributed by atoms with Crippen LogP contribution in [0.15, 0.2) is 169 Å². The number of aromatic nitrogens is 3. The van der Waals surface area contributed by atoms with Gasteiger partial charge in [-0.05, 0) is 111 Å². The van der Waals surface area contributed by atoms with E-state index >= 15 is 0 Å². The number of aryl methyl sites for hydroxylation is 2. The van der Waals surface area contributed by atoms with Crippen LogP contribution in [0.3, 0.4) is 0 Å². The van der Waals surface area contributed by atoms with Crippen LogP contribution >= 0.6 is 0 Å². The summed E-state index contributed by atoms with van der Waals surface area (Å²) in [5.41, 5.74) is 14.8. The molecule has 4 heterocycles. The summed E-state index contributed by atoms with van der Waals surface area (Å²) in [6.07, 6.45) is 31.3. The third-order valence-electron chi connectivity index (χ3n) is 12.9. The van der Waals surface area contributed by atoms with E-state index in [1.54, 1.807) is 0 Å². The van der Waals surface area contributed by atoms with Crippen molar-refractivity contribution in [2.45, 2.75) is 58.4 Å². The quantitative estimate of drug-likeness (QED) is 0.102. The molecule has 3 aliphatic rings. The molecule has 10 rings (SSSR count). The van der Waals surface area contributed by atoms with E-state index < -0.39 is 0 Å². The number of benzene rings is 4. The summed E-state index contributed by atoms with van der Waals surface area (Å²) in [5, 5.41) is 5.75. The molecule has 7 aromatic rings. The largest absolute Gasteiger partial charge is 0.455 e. The van der Waals surface area contributed by atoms with Crippen LogP contribution in [0.25, 0.3) is 67.4 Å². The van der Waals surface area contributed by atoms with E-state index in [-0.39, 0.29) is 12.0 Å². The number of fused-ring (bicyclic) bond motifs is 9. The summed E-state index contributed by atoms with van der Waals surface area (Å²) >= 11 is 0. The van der Waals surface area contributed by atoms with Gasteiger partial charge in [0.2, 0.25) is 5.95 Å². The maximum Gasteiger partial charge on any atom is 0.235 e. The van der Waals surface area contributed by atoms with E-state index in [0.29, 0.717) is 5.95 Å². The van der Waals surface area contributed by atoms with E-state index in [0.717, 1.165) is 92.3 Å². The lowest BCUT2D eigenvalue weighted by molar-refractivity contribution is 0.572. The molecule has 0 N–H and O–H groups in total.